The summed E-state index contributed by atoms with van der Waals surface area (Å²) in [6.45, 7) is 6.38. The molecule has 9 heteroatoms. The number of benzene rings is 1. The van der Waals surface area contributed by atoms with E-state index in [0.29, 0.717) is 6.54 Å². The number of hydrogen-bond acceptors (Lipinski definition) is 6. The van der Waals surface area contributed by atoms with Gasteiger partial charge in [0.1, 0.15) is 12.2 Å². The van der Waals surface area contributed by atoms with Crippen LogP contribution in [0.15, 0.2) is 24.5 Å². The lowest BCUT2D eigenvalue weighted by Gasteiger charge is -2.32. The number of amides is 1. The zero-order chi connectivity index (χ0) is 23.4. The molecular formula is C24H30N6O3. The number of piperidine rings is 1. The molecule has 2 aliphatic rings. The van der Waals surface area contributed by atoms with Crippen molar-refractivity contribution in [1.29, 1.82) is 0 Å². The zero-order valence-electron chi connectivity index (χ0n) is 19.1. The Morgan fingerprint density at radius 3 is 2.64 bits per heavy atom. The molecule has 0 saturated carbocycles. The third-order valence-electron chi connectivity index (χ3n) is 6.20. The summed E-state index contributed by atoms with van der Waals surface area (Å²) in [5.41, 5.74) is 4.99. The second-order valence-electron chi connectivity index (χ2n) is 8.76. The SMILES string of the molecule is Cc1cc(C)cc(NC(=O)C2CCCN(c3ncnc4c3nc3n4CCCC3)C2)c1.O=CO. The Labute approximate surface area is 192 Å². The van der Waals surface area contributed by atoms with Crippen molar-refractivity contribution >= 4 is 35.0 Å². The fourth-order valence-corrected chi connectivity index (χ4v) is 4.85. The summed E-state index contributed by atoms with van der Waals surface area (Å²) < 4.78 is 2.23. The van der Waals surface area contributed by atoms with Gasteiger partial charge >= 0.3 is 0 Å². The summed E-state index contributed by atoms with van der Waals surface area (Å²) in [5, 5.41) is 10.0. The Morgan fingerprint density at radius 1 is 1.12 bits per heavy atom. The van der Waals surface area contributed by atoms with Gasteiger partial charge in [-0.3, -0.25) is 9.59 Å². The van der Waals surface area contributed by atoms with Gasteiger partial charge < -0.3 is 19.9 Å². The van der Waals surface area contributed by atoms with E-state index in [0.717, 1.165) is 72.0 Å². The number of fused-ring (bicyclic) bond motifs is 3. The van der Waals surface area contributed by atoms with Crippen molar-refractivity contribution in [3.8, 4) is 0 Å². The first-order valence-electron chi connectivity index (χ1n) is 11.4. The molecule has 2 aliphatic heterocycles. The molecule has 0 bridgehead atoms. The Bertz CT molecular complexity index is 1140. The van der Waals surface area contributed by atoms with E-state index < -0.39 is 0 Å². The highest BCUT2D eigenvalue weighted by molar-refractivity contribution is 5.93. The number of carboxylic acid groups (broad SMARTS) is 1. The van der Waals surface area contributed by atoms with Gasteiger partial charge in [-0.2, -0.15) is 0 Å². The molecule has 9 nitrogen and oxygen atoms in total. The highest BCUT2D eigenvalue weighted by Gasteiger charge is 2.29. The first-order valence-corrected chi connectivity index (χ1v) is 11.4. The van der Waals surface area contributed by atoms with E-state index in [4.69, 9.17) is 14.9 Å². The third kappa shape index (κ3) is 4.97. The summed E-state index contributed by atoms with van der Waals surface area (Å²) in [7, 11) is 0. The number of nitrogens with one attached hydrogen (secondary N) is 1. The highest BCUT2D eigenvalue weighted by atomic mass is 16.3. The maximum atomic E-state index is 13.0. The summed E-state index contributed by atoms with van der Waals surface area (Å²) in [5.74, 6) is 1.99. The number of carbonyl (C=O) groups is 2. The van der Waals surface area contributed by atoms with Crippen LogP contribution in [0.25, 0.3) is 11.2 Å². The van der Waals surface area contributed by atoms with Crippen LogP contribution in [0.4, 0.5) is 11.5 Å². The molecule has 174 valence electrons. The number of nitrogens with zero attached hydrogens (tertiary/aromatic N) is 5. The second-order valence-corrected chi connectivity index (χ2v) is 8.76. The topological polar surface area (TPSA) is 113 Å². The van der Waals surface area contributed by atoms with Crippen molar-refractivity contribution in [1.82, 2.24) is 19.5 Å². The molecule has 0 aliphatic carbocycles. The number of aryl methyl sites for hydroxylation is 4. The molecule has 0 radical (unpaired) electrons. The predicted octanol–water partition coefficient (Wildman–Crippen LogP) is 3.34. The van der Waals surface area contributed by atoms with E-state index in [1.165, 1.54) is 12.8 Å². The van der Waals surface area contributed by atoms with Gasteiger partial charge in [0.05, 0.1) is 5.92 Å². The second kappa shape index (κ2) is 9.97. The van der Waals surface area contributed by atoms with Crippen LogP contribution in [0.3, 0.4) is 0 Å². The molecule has 0 spiro atoms. The van der Waals surface area contributed by atoms with Crippen molar-refractivity contribution in [2.24, 2.45) is 5.92 Å². The Morgan fingerprint density at radius 2 is 1.88 bits per heavy atom. The molecule has 4 heterocycles. The maximum absolute atomic E-state index is 13.0. The van der Waals surface area contributed by atoms with Gasteiger partial charge in [0.25, 0.3) is 6.47 Å². The summed E-state index contributed by atoms with van der Waals surface area (Å²) in [6.07, 6.45) is 6.83. The standard InChI is InChI=1S/C23H28N6O.CH2O2/c1-15-10-16(2)12-18(11-15)26-23(30)17-6-5-8-28(13-17)21-20-22(25-14-24-21)29-9-4-3-7-19(29)27-20;2-1-3/h10-12,14,17H,3-9,13H2,1-2H3,(H,26,30);1H,(H,2,3). The van der Waals surface area contributed by atoms with Gasteiger partial charge in [0.15, 0.2) is 17.0 Å². The van der Waals surface area contributed by atoms with Crippen molar-refractivity contribution < 1.29 is 14.7 Å². The van der Waals surface area contributed by atoms with E-state index in [2.05, 4.69) is 44.7 Å². The van der Waals surface area contributed by atoms with E-state index in [1.54, 1.807) is 6.33 Å². The minimum absolute atomic E-state index is 0.0678. The van der Waals surface area contributed by atoms with Crippen molar-refractivity contribution in [3.05, 3.63) is 41.5 Å². The number of aromatic nitrogens is 4. The summed E-state index contributed by atoms with van der Waals surface area (Å²) >= 11 is 0. The van der Waals surface area contributed by atoms with Crippen LogP contribution in [-0.2, 0) is 22.6 Å². The molecule has 1 unspecified atom stereocenters. The van der Waals surface area contributed by atoms with Gasteiger partial charge in [-0.1, -0.05) is 6.07 Å². The molecule has 5 rings (SSSR count). The van der Waals surface area contributed by atoms with Crippen LogP contribution in [-0.4, -0.2) is 50.1 Å². The van der Waals surface area contributed by atoms with E-state index in [-0.39, 0.29) is 18.3 Å². The van der Waals surface area contributed by atoms with E-state index in [1.807, 2.05) is 12.1 Å². The van der Waals surface area contributed by atoms with Gasteiger partial charge in [-0.25, -0.2) is 15.0 Å². The number of carbonyl (C=O) groups excluding carboxylic acids is 1. The smallest absolute Gasteiger partial charge is 0.290 e. The van der Waals surface area contributed by atoms with Crippen molar-refractivity contribution in [3.63, 3.8) is 0 Å². The predicted molar refractivity (Wildman–Crippen MR) is 126 cm³/mol. The minimum Gasteiger partial charge on any atom is -0.483 e. The first-order chi connectivity index (χ1) is 16.0. The van der Waals surface area contributed by atoms with Gasteiger partial charge in [-0.15, -0.1) is 0 Å². The van der Waals surface area contributed by atoms with Gasteiger partial charge in [0.2, 0.25) is 5.91 Å². The quantitative estimate of drug-likeness (QED) is 0.589. The molecular weight excluding hydrogens is 420 g/mol. The third-order valence-corrected chi connectivity index (χ3v) is 6.20. The number of imidazole rings is 1. The molecule has 1 saturated heterocycles. The van der Waals surface area contributed by atoms with Crippen molar-refractivity contribution in [2.75, 3.05) is 23.3 Å². The van der Waals surface area contributed by atoms with Crippen LogP contribution in [0, 0.1) is 19.8 Å². The Kier molecular flexibility index (Phi) is 6.86. The maximum Gasteiger partial charge on any atom is 0.290 e. The minimum atomic E-state index is -0.250. The lowest BCUT2D eigenvalue weighted by Crippen LogP contribution is -2.41. The van der Waals surface area contributed by atoms with Crippen molar-refractivity contribution in [2.45, 2.75) is 52.5 Å². The first kappa shape index (κ1) is 22.7. The molecule has 3 aromatic rings. The fourth-order valence-electron chi connectivity index (χ4n) is 4.85. The average Bonchev–Trinajstić information content (AvgIpc) is 3.18. The Balaban J connectivity index is 0.000000821. The normalized spacial score (nSPS) is 17.6. The molecule has 1 aromatic carbocycles. The number of hydrogen-bond donors (Lipinski definition) is 2. The van der Waals surface area contributed by atoms with Crippen LogP contribution >= 0.6 is 0 Å². The van der Waals surface area contributed by atoms with Crippen LogP contribution < -0.4 is 10.2 Å². The van der Waals surface area contributed by atoms with Crippen LogP contribution in [0.2, 0.25) is 0 Å². The van der Waals surface area contributed by atoms with Gasteiger partial charge in [0, 0.05) is 31.7 Å². The lowest BCUT2D eigenvalue weighted by molar-refractivity contribution is -0.123. The number of anilines is 2. The zero-order valence-corrected chi connectivity index (χ0v) is 19.1. The fraction of sp³-hybridized carbons (Fsp3) is 0.458. The monoisotopic (exact) mass is 450 g/mol. The largest absolute Gasteiger partial charge is 0.483 e. The van der Waals surface area contributed by atoms with E-state index in [9.17, 15) is 4.79 Å². The number of rotatable bonds is 3. The molecule has 1 amide bonds. The molecule has 33 heavy (non-hydrogen) atoms. The van der Waals surface area contributed by atoms with E-state index >= 15 is 0 Å². The highest BCUT2D eigenvalue weighted by Crippen LogP contribution is 2.30. The molecule has 1 atom stereocenters. The average molecular weight is 451 g/mol. The molecule has 2 aromatic heterocycles. The summed E-state index contributed by atoms with van der Waals surface area (Å²) in [6, 6.07) is 6.16. The molecule has 1 fully saturated rings. The van der Waals surface area contributed by atoms with Gasteiger partial charge in [-0.05, 0) is 62.8 Å². The Hall–Kier alpha value is -3.49. The lowest BCUT2D eigenvalue weighted by atomic mass is 9.96. The van der Waals surface area contributed by atoms with Crippen LogP contribution in [0.1, 0.15) is 42.6 Å². The molecule has 2 N–H and O–H groups in total. The summed E-state index contributed by atoms with van der Waals surface area (Å²) in [4.78, 5) is 37.6. The van der Waals surface area contributed by atoms with Crippen LogP contribution in [0.5, 0.6) is 0 Å².